The molecule has 7 nitrogen and oxygen atoms in total. The summed E-state index contributed by atoms with van der Waals surface area (Å²) in [7, 11) is -4.01. The van der Waals surface area contributed by atoms with Gasteiger partial charge in [0.15, 0.2) is 0 Å². The molecular weight excluding hydrogens is 522 g/mol. The highest BCUT2D eigenvalue weighted by Crippen LogP contribution is 2.38. The van der Waals surface area contributed by atoms with E-state index >= 15 is 0 Å². The molecule has 3 aromatic carbocycles. The fourth-order valence-corrected chi connectivity index (χ4v) is 7.07. The van der Waals surface area contributed by atoms with Crippen molar-refractivity contribution >= 4 is 38.9 Å². The van der Waals surface area contributed by atoms with Gasteiger partial charge in [0.1, 0.15) is 0 Å². The van der Waals surface area contributed by atoms with E-state index in [0.29, 0.717) is 23.2 Å². The normalized spacial score (nSPS) is 18.8. The van der Waals surface area contributed by atoms with Crippen LogP contribution in [0.2, 0.25) is 5.02 Å². The van der Waals surface area contributed by atoms with E-state index in [4.69, 9.17) is 11.6 Å². The average Bonchev–Trinajstić information content (AvgIpc) is 2.98. The summed E-state index contributed by atoms with van der Waals surface area (Å²) in [6, 6.07) is 18.2. The van der Waals surface area contributed by atoms with Crippen LogP contribution in [-0.4, -0.2) is 50.8 Å². The summed E-state index contributed by atoms with van der Waals surface area (Å²) >= 11 is 6.18. The van der Waals surface area contributed by atoms with Gasteiger partial charge in [0.2, 0.25) is 9.84 Å². The molecule has 38 heavy (non-hydrogen) atoms. The number of nitrogens with zero attached hydrogens (tertiary/aromatic N) is 2. The number of piperidine rings is 1. The fraction of sp³-hybridized carbons (Fsp3) is 0.310. The number of amides is 2. The summed E-state index contributed by atoms with van der Waals surface area (Å²) < 4.78 is 27.3. The van der Waals surface area contributed by atoms with E-state index in [2.05, 4.69) is 17.1 Å². The van der Waals surface area contributed by atoms with Crippen molar-refractivity contribution < 1.29 is 18.0 Å². The minimum atomic E-state index is -4.01. The second kappa shape index (κ2) is 10.9. The van der Waals surface area contributed by atoms with Crippen LogP contribution >= 0.6 is 11.6 Å². The number of nitrogens with one attached hydrogen (secondary N) is 1. The maximum atomic E-state index is 13.8. The lowest BCUT2D eigenvalue weighted by molar-refractivity contribution is 0.0936. The topological polar surface area (TPSA) is 86.8 Å². The van der Waals surface area contributed by atoms with Gasteiger partial charge in [-0.15, -0.1) is 0 Å². The van der Waals surface area contributed by atoms with E-state index in [1.165, 1.54) is 41.7 Å². The minimum Gasteiger partial charge on any atom is -0.351 e. The highest BCUT2D eigenvalue weighted by molar-refractivity contribution is 7.91. The molecule has 0 radical (unpaired) electrons. The molecule has 1 saturated heterocycles. The van der Waals surface area contributed by atoms with E-state index in [-0.39, 0.29) is 33.5 Å². The number of hydrogen-bond acceptors (Lipinski definition) is 5. The summed E-state index contributed by atoms with van der Waals surface area (Å²) in [5.41, 5.74) is 1.29. The number of hydrogen-bond donors (Lipinski definition) is 1. The maximum absolute atomic E-state index is 13.8. The molecule has 1 atom stereocenters. The van der Waals surface area contributed by atoms with Gasteiger partial charge in [-0.25, -0.2) is 8.42 Å². The molecule has 9 heteroatoms. The summed E-state index contributed by atoms with van der Waals surface area (Å²) in [6.07, 6.45) is 3.55. The number of carbonyl (C=O) groups is 2. The third-order valence-corrected chi connectivity index (χ3v) is 9.40. The lowest BCUT2D eigenvalue weighted by atomic mass is 10.0. The molecular formula is C29H30ClN3O4S. The van der Waals surface area contributed by atoms with Crippen LogP contribution in [0.1, 0.15) is 52.5 Å². The Labute approximate surface area is 228 Å². The van der Waals surface area contributed by atoms with Crippen LogP contribution in [0.5, 0.6) is 0 Å². The predicted octanol–water partition coefficient (Wildman–Crippen LogP) is 4.94. The molecule has 0 aromatic heterocycles. The molecule has 198 valence electrons. The number of halogens is 1. The van der Waals surface area contributed by atoms with Gasteiger partial charge in [-0.3, -0.25) is 14.5 Å². The van der Waals surface area contributed by atoms with E-state index in [9.17, 15) is 18.0 Å². The molecule has 0 saturated carbocycles. The molecule has 0 aliphatic carbocycles. The highest BCUT2D eigenvalue weighted by Gasteiger charge is 2.36. The number of anilines is 1. The van der Waals surface area contributed by atoms with E-state index < -0.39 is 15.7 Å². The predicted molar refractivity (Wildman–Crippen MR) is 148 cm³/mol. The Kier molecular flexibility index (Phi) is 7.56. The van der Waals surface area contributed by atoms with E-state index in [0.717, 1.165) is 31.5 Å². The first-order valence-electron chi connectivity index (χ1n) is 12.8. The van der Waals surface area contributed by atoms with Crippen LogP contribution in [0.15, 0.2) is 76.5 Å². The second-order valence-corrected chi connectivity index (χ2v) is 12.2. The first-order chi connectivity index (χ1) is 18.3. The van der Waals surface area contributed by atoms with Crippen LogP contribution in [0, 0.1) is 0 Å². The smallest absolute Gasteiger partial charge is 0.259 e. The highest BCUT2D eigenvalue weighted by atomic mass is 35.5. The zero-order chi connectivity index (χ0) is 26.9. The van der Waals surface area contributed by atoms with Crippen LogP contribution in [0.3, 0.4) is 0 Å². The molecule has 2 amide bonds. The van der Waals surface area contributed by atoms with Gasteiger partial charge in [-0.1, -0.05) is 42.3 Å². The van der Waals surface area contributed by atoms with Gasteiger partial charge < -0.3 is 10.2 Å². The van der Waals surface area contributed by atoms with Crippen molar-refractivity contribution in [2.45, 2.75) is 48.6 Å². The molecule has 3 aromatic rings. The molecule has 1 N–H and O–H groups in total. The van der Waals surface area contributed by atoms with E-state index in [1.807, 2.05) is 6.07 Å². The van der Waals surface area contributed by atoms with Crippen LogP contribution in [-0.2, 0) is 16.4 Å². The summed E-state index contributed by atoms with van der Waals surface area (Å²) in [5, 5.41) is 3.47. The monoisotopic (exact) mass is 551 g/mol. The Morgan fingerprint density at radius 3 is 2.63 bits per heavy atom. The van der Waals surface area contributed by atoms with Crippen LogP contribution < -0.4 is 10.2 Å². The Morgan fingerprint density at radius 1 is 1.03 bits per heavy atom. The number of benzene rings is 3. The Hall–Kier alpha value is -3.20. The lowest BCUT2D eigenvalue weighted by Gasteiger charge is -2.33. The number of sulfone groups is 1. The van der Waals surface area contributed by atoms with Crippen LogP contribution in [0.4, 0.5) is 5.69 Å². The summed E-state index contributed by atoms with van der Waals surface area (Å²) in [5.74, 6) is -0.772. The fourth-order valence-electron chi connectivity index (χ4n) is 5.23. The maximum Gasteiger partial charge on any atom is 0.259 e. The third kappa shape index (κ3) is 5.21. The number of rotatable bonds is 6. The zero-order valence-electron chi connectivity index (χ0n) is 21.2. The van der Waals surface area contributed by atoms with Gasteiger partial charge in [-0.05, 0) is 74.3 Å². The Bertz CT molecular complexity index is 1490. The SMILES string of the molecule is C[C@@H]1CCCCN1CCNC(=O)c1ccc2c(c1)N(Cc1cccc(Cl)c1)C(=O)c1ccccc1S2(=O)=O. The number of fused-ring (bicyclic) bond motifs is 2. The van der Waals surface area contributed by atoms with Gasteiger partial charge in [-0.2, -0.15) is 0 Å². The van der Waals surface area contributed by atoms with Gasteiger partial charge in [0.25, 0.3) is 11.8 Å². The van der Waals surface area contributed by atoms with Crippen molar-refractivity contribution in [1.29, 1.82) is 0 Å². The van der Waals surface area contributed by atoms with Crippen molar-refractivity contribution in [3.05, 3.63) is 88.4 Å². The Morgan fingerprint density at radius 2 is 1.84 bits per heavy atom. The second-order valence-electron chi connectivity index (χ2n) is 9.84. The van der Waals surface area contributed by atoms with Crippen LogP contribution in [0.25, 0.3) is 0 Å². The van der Waals surface area contributed by atoms with E-state index in [1.54, 1.807) is 30.3 Å². The third-order valence-electron chi connectivity index (χ3n) is 7.31. The standard InChI is InChI=1S/C29H30ClN3O4S/c1-20-7-4-5-15-32(20)16-14-31-28(34)22-12-13-27-25(18-22)33(19-21-8-6-9-23(30)17-21)29(35)24-10-2-3-11-26(24)38(27,36)37/h2-3,6,8-13,17-18,20H,4-5,7,14-16,19H2,1H3,(H,31,34)/t20-/m1/s1. The minimum absolute atomic E-state index is 0.0171. The zero-order valence-corrected chi connectivity index (χ0v) is 22.8. The first kappa shape index (κ1) is 26.4. The quantitative estimate of drug-likeness (QED) is 0.469. The number of likely N-dealkylation sites (tertiary alicyclic amines) is 1. The molecule has 1 fully saturated rings. The molecule has 2 heterocycles. The largest absolute Gasteiger partial charge is 0.351 e. The first-order valence-corrected chi connectivity index (χ1v) is 14.7. The Balaban J connectivity index is 1.49. The van der Waals surface area contributed by atoms with Crippen molar-refractivity contribution in [3.63, 3.8) is 0 Å². The van der Waals surface area contributed by atoms with Crippen molar-refractivity contribution in [2.24, 2.45) is 0 Å². The molecule has 0 bridgehead atoms. The molecule has 2 aliphatic heterocycles. The van der Waals surface area contributed by atoms with Gasteiger partial charge in [0, 0.05) is 29.7 Å². The molecule has 5 rings (SSSR count). The molecule has 2 aliphatic rings. The lowest BCUT2D eigenvalue weighted by Crippen LogP contribution is -2.42. The van der Waals surface area contributed by atoms with Crippen molar-refractivity contribution in [3.8, 4) is 0 Å². The van der Waals surface area contributed by atoms with Gasteiger partial charge >= 0.3 is 0 Å². The number of carbonyl (C=O) groups excluding carboxylic acids is 2. The molecule has 0 spiro atoms. The summed E-state index contributed by atoms with van der Waals surface area (Å²) in [4.78, 5) is 30.6. The molecule has 0 unspecified atom stereocenters. The summed E-state index contributed by atoms with van der Waals surface area (Å²) in [6.45, 7) is 4.55. The average molecular weight is 552 g/mol. The van der Waals surface area contributed by atoms with Gasteiger partial charge in [0.05, 0.1) is 27.6 Å². The van der Waals surface area contributed by atoms with Crippen molar-refractivity contribution in [1.82, 2.24) is 10.2 Å². The van der Waals surface area contributed by atoms with Crippen molar-refractivity contribution in [2.75, 3.05) is 24.5 Å².